The minimum atomic E-state index is 0.153. The van der Waals surface area contributed by atoms with Gasteiger partial charge in [-0.2, -0.15) is 0 Å². The summed E-state index contributed by atoms with van der Waals surface area (Å²) in [7, 11) is 3.61. The van der Waals surface area contributed by atoms with Crippen molar-refractivity contribution in [2.45, 2.75) is 26.7 Å². The molecule has 4 nitrogen and oxygen atoms in total. The van der Waals surface area contributed by atoms with E-state index in [-0.39, 0.29) is 17.4 Å². The van der Waals surface area contributed by atoms with Gasteiger partial charge in [0.05, 0.1) is 11.4 Å². The Labute approximate surface area is 131 Å². The number of nitrogens with one attached hydrogen (secondary N) is 2. The first-order chi connectivity index (χ1) is 10.4. The zero-order valence-corrected chi connectivity index (χ0v) is 13.8. The fourth-order valence-electron chi connectivity index (χ4n) is 3.16. The maximum Gasteiger partial charge on any atom is 0.138 e. The number of hydrogen-bond acceptors (Lipinski definition) is 4. The maximum atomic E-state index is 9.94. The molecule has 0 radical (unpaired) electrons. The van der Waals surface area contributed by atoms with Crippen molar-refractivity contribution in [3.8, 4) is 11.5 Å². The van der Waals surface area contributed by atoms with Crippen molar-refractivity contribution >= 4 is 11.4 Å². The Kier molecular flexibility index (Phi) is 4.50. The number of rotatable bonds is 4. The van der Waals surface area contributed by atoms with E-state index in [0.29, 0.717) is 0 Å². The highest BCUT2D eigenvalue weighted by molar-refractivity contribution is 5.67. The van der Waals surface area contributed by atoms with Crippen LogP contribution in [0.5, 0.6) is 11.5 Å². The summed E-state index contributed by atoms with van der Waals surface area (Å²) in [5.41, 5.74) is 5.89. The normalized spacial score (nSPS) is 10.8. The first-order valence-corrected chi connectivity index (χ1v) is 7.42. The Morgan fingerprint density at radius 3 is 1.45 bits per heavy atom. The van der Waals surface area contributed by atoms with E-state index in [1.807, 2.05) is 26.0 Å². The molecule has 0 aliphatic carbocycles. The van der Waals surface area contributed by atoms with Gasteiger partial charge in [0.25, 0.3) is 0 Å². The summed E-state index contributed by atoms with van der Waals surface area (Å²) in [6, 6.07) is 7.36. The van der Waals surface area contributed by atoms with E-state index in [1.54, 1.807) is 26.2 Å². The lowest BCUT2D eigenvalue weighted by atomic mass is 9.86. The van der Waals surface area contributed by atoms with Crippen molar-refractivity contribution in [2.75, 3.05) is 24.7 Å². The van der Waals surface area contributed by atoms with Gasteiger partial charge in [0.1, 0.15) is 11.5 Å². The molecule has 0 aliphatic rings. The van der Waals surface area contributed by atoms with Crippen molar-refractivity contribution in [1.29, 1.82) is 0 Å². The van der Waals surface area contributed by atoms with E-state index in [2.05, 4.69) is 17.6 Å². The molecule has 22 heavy (non-hydrogen) atoms. The lowest BCUT2D eigenvalue weighted by Crippen LogP contribution is -2.05. The van der Waals surface area contributed by atoms with Crippen LogP contribution in [0.25, 0.3) is 0 Å². The minimum absolute atomic E-state index is 0.153. The lowest BCUT2D eigenvalue weighted by molar-refractivity contribution is 0.476. The third kappa shape index (κ3) is 2.56. The standard InChI is InChI=1S/C18H24N2O2/c1-10(13-6-8-15(21)17(19-4)11(13)2)14-7-9-16(22)18(20-5)12(14)3/h6-10,19-22H,1-5H3. The van der Waals surface area contributed by atoms with Crippen LogP contribution < -0.4 is 10.6 Å². The monoisotopic (exact) mass is 300 g/mol. The third-order valence-corrected chi connectivity index (χ3v) is 4.40. The lowest BCUT2D eigenvalue weighted by Gasteiger charge is -2.22. The molecule has 0 heterocycles. The molecule has 0 fully saturated rings. The van der Waals surface area contributed by atoms with Crippen molar-refractivity contribution in [2.24, 2.45) is 0 Å². The second kappa shape index (κ2) is 6.18. The zero-order chi connectivity index (χ0) is 16.4. The Morgan fingerprint density at radius 2 is 1.14 bits per heavy atom. The van der Waals surface area contributed by atoms with Gasteiger partial charge >= 0.3 is 0 Å². The van der Waals surface area contributed by atoms with Crippen LogP contribution in [0.1, 0.15) is 35.1 Å². The molecule has 0 aromatic heterocycles. The SMILES string of the molecule is CNc1c(O)ccc(C(C)c2ccc(O)c(NC)c2C)c1C. The summed E-state index contributed by atoms with van der Waals surface area (Å²) in [6.07, 6.45) is 0. The van der Waals surface area contributed by atoms with Gasteiger partial charge in [-0.15, -0.1) is 0 Å². The van der Waals surface area contributed by atoms with Gasteiger partial charge in [0.2, 0.25) is 0 Å². The molecule has 0 spiro atoms. The maximum absolute atomic E-state index is 9.94. The minimum Gasteiger partial charge on any atom is -0.506 e. The average molecular weight is 300 g/mol. The molecule has 0 saturated heterocycles. The van der Waals surface area contributed by atoms with E-state index >= 15 is 0 Å². The summed E-state index contributed by atoms with van der Waals surface area (Å²) in [5.74, 6) is 0.670. The number of anilines is 2. The number of benzene rings is 2. The van der Waals surface area contributed by atoms with Gasteiger partial charge in [-0.25, -0.2) is 0 Å². The largest absolute Gasteiger partial charge is 0.506 e. The number of phenols is 2. The molecule has 0 atom stereocenters. The predicted octanol–water partition coefficient (Wildman–Crippen LogP) is 3.95. The molecule has 0 aliphatic heterocycles. The first-order valence-electron chi connectivity index (χ1n) is 7.42. The molecule has 0 unspecified atom stereocenters. The van der Waals surface area contributed by atoms with Crippen LogP contribution in [0, 0.1) is 13.8 Å². The van der Waals surface area contributed by atoms with Gasteiger partial charge in [0.15, 0.2) is 0 Å². The number of phenolic OH excluding ortho intramolecular Hbond substituents is 2. The highest BCUT2D eigenvalue weighted by Crippen LogP contribution is 2.39. The second-order valence-corrected chi connectivity index (χ2v) is 5.57. The molecule has 118 valence electrons. The van der Waals surface area contributed by atoms with Crippen LogP contribution in [0.3, 0.4) is 0 Å². The Hall–Kier alpha value is -2.36. The van der Waals surface area contributed by atoms with E-state index < -0.39 is 0 Å². The summed E-state index contributed by atoms with van der Waals surface area (Å²) in [4.78, 5) is 0. The van der Waals surface area contributed by atoms with Gasteiger partial charge in [-0.3, -0.25) is 0 Å². The Balaban J connectivity index is 2.56. The molecule has 4 N–H and O–H groups in total. The molecule has 0 saturated carbocycles. The zero-order valence-electron chi connectivity index (χ0n) is 13.8. The van der Waals surface area contributed by atoms with Gasteiger partial charge in [0, 0.05) is 20.0 Å². The Bertz CT molecular complexity index is 636. The molecule has 4 heteroatoms. The summed E-state index contributed by atoms with van der Waals surface area (Å²) >= 11 is 0. The third-order valence-electron chi connectivity index (χ3n) is 4.40. The first kappa shape index (κ1) is 16.0. The molecule has 0 amide bonds. The summed E-state index contributed by atoms with van der Waals surface area (Å²) < 4.78 is 0. The smallest absolute Gasteiger partial charge is 0.138 e. The molecule has 0 bridgehead atoms. The Morgan fingerprint density at radius 1 is 0.773 bits per heavy atom. The van der Waals surface area contributed by atoms with Gasteiger partial charge in [-0.05, 0) is 48.2 Å². The average Bonchev–Trinajstić information content (AvgIpc) is 2.48. The van der Waals surface area contributed by atoms with E-state index in [1.165, 1.54) is 0 Å². The van der Waals surface area contributed by atoms with E-state index in [0.717, 1.165) is 33.6 Å². The second-order valence-electron chi connectivity index (χ2n) is 5.57. The highest BCUT2D eigenvalue weighted by atomic mass is 16.3. The van der Waals surface area contributed by atoms with E-state index in [4.69, 9.17) is 0 Å². The summed E-state index contributed by atoms with van der Waals surface area (Å²) in [6.45, 7) is 6.15. The predicted molar refractivity (Wildman–Crippen MR) is 92.3 cm³/mol. The summed E-state index contributed by atoms with van der Waals surface area (Å²) in [5, 5.41) is 26.0. The van der Waals surface area contributed by atoms with Gasteiger partial charge < -0.3 is 20.8 Å². The van der Waals surface area contributed by atoms with Crippen LogP contribution >= 0.6 is 0 Å². The van der Waals surface area contributed by atoms with Crippen LogP contribution in [0.15, 0.2) is 24.3 Å². The quantitative estimate of drug-likeness (QED) is 0.646. The molecule has 2 aromatic carbocycles. The number of aromatic hydroxyl groups is 2. The fourth-order valence-corrected chi connectivity index (χ4v) is 3.16. The van der Waals surface area contributed by atoms with Crippen molar-refractivity contribution in [1.82, 2.24) is 0 Å². The number of hydrogen-bond donors (Lipinski definition) is 4. The van der Waals surface area contributed by atoms with Crippen LogP contribution in [-0.2, 0) is 0 Å². The van der Waals surface area contributed by atoms with Crippen LogP contribution in [0.4, 0.5) is 11.4 Å². The molecule has 2 rings (SSSR count). The molecule has 2 aromatic rings. The topological polar surface area (TPSA) is 64.5 Å². The van der Waals surface area contributed by atoms with Crippen molar-refractivity contribution < 1.29 is 10.2 Å². The fraction of sp³-hybridized carbons (Fsp3) is 0.333. The highest BCUT2D eigenvalue weighted by Gasteiger charge is 2.19. The van der Waals surface area contributed by atoms with Crippen LogP contribution in [0.2, 0.25) is 0 Å². The van der Waals surface area contributed by atoms with Crippen LogP contribution in [-0.4, -0.2) is 24.3 Å². The van der Waals surface area contributed by atoms with E-state index in [9.17, 15) is 10.2 Å². The molecular weight excluding hydrogens is 276 g/mol. The van der Waals surface area contributed by atoms with Crippen molar-refractivity contribution in [3.05, 3.63) is 46.5 Å². The van der Waals surface area contributed by atoms with Crippen molar-refractivity contribution in [3.63, 3.8) is 0 Å². The molecular formula is C18H24N2O2. The van der Waals surface area contributed by atoms with Gasteiger partial charge in [-0.1, -0.05) is 19.1 Å².